The molecule has 2 rings (SSSR count). The average molecular weight is 310 g/mol. The van der Waals surface area contributed by atoms with Crippen molar-refractivity contribution >= 4 is 15.9 Å². The van der Waals surface area contributed by atoms with E-state index in [4.69, 9.17) is 0 Å². The molecule has 1 aliphatic rings. The first-order valence-electron chi connectivity index (χ1n) is 7.25. The minimum absolute atomic E-state index is 0.672. The van der Waals surface area contributed by atoms with Gasteiger partial charge in [0.2, 0.25) is 0 Å². The summed E-state index contributed by atoms with van der Waals surface area (Å²) < 4.78 is 1.20. The SMILES string of the molecule is CCNCC(CC1CCCC1)c1cccc(Br)c1. The first-order valence-corrected chi connectivity index (χ1v) is 8.05. The summed E-state index contributed by atoms with van der Waals surface area (Å²) >= 11 is 3.59. The molecule has 1 fully saturated rings. The number of hydrogen-bond acceptors (Lipinski definition) is 1. The Morgan fingerprint density at radius 3 is 2.78 bits per heavy atom. The fourth-order valence-corrected chi connectivity index (χ4v) is 3.48. The van der Waals surface area contributed by atoms with Crippen molar-refractivity contribution in [2.24, 2.45) is 5.92 Å². The van der Waals surface area contributed by atoms with Crippen molar-refractivity contribution in [1.82, 2.24) is 5.32 Å². The Bertz CT molecular complexity index is 358. The molecule has 1 saturated carbocycles. The average Bonchev–Trinajstić information content (AvgIpc) is 2.87. The van der Waals surface area contributed by atoms with Crippen molar-refractivity contribution in [2.45, 2.75) is 44.9 Å². The molecule has 1 unspecified atom stereocenters. The van der Waals surface area contributed by atoms with Crippen LogP contribution in [-0.2, 0) is 0 Å². The molecule has 100 valence electrons. The predicted octanol–water partition coefficient (Wildman–Crippen LogP) is 4.72. The molecule has 1 aromatic carbocycles. The van der Waals surface area contributed by atoms with Gasteiger partial charge in [0.1, 0.15) is 0 Å². The highest BCUT2D eigenvalue weighted by Gasteiger charge is 2.21. The van der Waals surface area contributed by atoms with Gasteiger partial charge in [0.25, 0.3) is 0 Å². The van der Waals surface area contributed by atoms with Crippen LogP contribution in [0, 0.1) is 5.92 Å². The zero-order valence-corrected chi connectivity index (χ0v) is 12.9. The topological polar surface area (TPSA) is 12.0 Å². The van der Waals surface area contributed by atoms with Gasteiger partial charge >= 0.3 is 0 Å². The molecule has 0 saturated heterocycles. The van der Waals surface area contributed by atoms with Gasteiger partial charge in [-0.15, -0.1) is 0 Å². The van der Waals surface area contributed by atoms with Crippen LogP contribution in [0.15, 0.2) is 28.7 Å². The molecule has 1 nitrogen and oxygen atoms in total. The van der Waals surface area contributed by atoms with Gasteiger partial charge < -0.3 is 5.32 Å². The van der Waals surface area contributed by atoms with Gasteiger partial charge in [-0.25, -0.2) is 0 Å². The minimum Gasteiger partial charge on any atom is -0.316 e. The fraction of sp³-hybridized carbons (Fsp3) is 0.625. The first-order chi connectivity index (χ1) is 8.79. The van der Waals surface area contributed by atoms with E-state index in [1.54, 1.807) is 0 Å². The van der Waals surface area contributed by atoms with Crippen LogP contribution in [0.25, 0.3) is 0 Å². The summed E-state index contributed by atoms with van der Waals surface area (Å²) in [6, 6.07) is 8.84. The van der Waals surface area contributed by atoms with Crippen LogP contribution in [0.1, 0.15) is 50.5 Å². The van der Waals surface area contributed by atoms with Crippen LogP contribution in [0.4, 0.5) is 0 Å². The van der Waals surface area contributed by atoms with Gasteiger partial charge in [-0.05, 0) is 42.5 Å². The summed E-state index contributed by atoms with van der Waals surface area (Å²) in [4.78, 5) is 0. The van der Waals surface area contributed by atoms with Crippen LogP contribution in [0.3, 0.4) is 0 Å². The standard InChI is InChI=1S/C16H24BrN/c1-2-18-12-15(10-13-6-3-4-7-13)14-8-5-9-16(17)11-14/h5,8-9,11,13,15,18H,2-4,6-7,10,12H2,1H3. The maximum atomic E-state index is 3.59. The number of hydrogen-bond donors (Lipinski definition) is 1. The zero-order valence-electron chi connectivity index (χ0n) is 11.3. The van der Waals surface area contributed by atoms with E-state index in [2.05, 4.69) is 52.4 Å². The molecule has 0 spiro atoms. The molecule has 1 aliphatic carbocycles. The van der Waals surface area contributed by atoms with E-state index in [0.717, 1.165) is 19.0 Å². The summed E-state index contributed by atoms with van der Waals surface area (Å²) in [7, 11) is 0. The quantitative estimate of drug-likeness (QED) is 0.801. The molecule has 0 amide bonds. The highest BCUT2D eigenvalue weighted by molar-refractivity contribution is 9.10. The lowest BCUT2D eigenvalue weighted by atomic mass is 9.88. The van der Waals surface area contributed by atoms with Gasteiger partial charge in [0, 0.05) is 11.0 Å². The third-order valence-corrected chi connectivity index (χ3v) is 4.55. The van der Waals surface area contributed by atoms with Gasteiger partial charge in [-0.2, -0.15) is 0 Å². The van der Waals surface area contributed by atoms with E-state index < -0.39 is 0 Å². The monoisotopic (exact) mass is 309 g/mol. The van der Waals surface area contributed by atoms with Gasteiger partial charge in [-0.1, -0.05) is 60.7 Å². The van der Waals surface area contributed by atoms with Crippen molar-refractivity contribution < 1.29 is 0 Å². The molecule has 1 N–H and O–H groups in total. The Morgan fingerprint density at radius 1 is 1.33 bits per heavy atom. The smallest absolute Gasteiger partial charge is 0.0178 e. The Hall–Kier alpha value is -0.340. The Kier molecular flexibility index (Phi) is 5.71. The number of nitrogens with one attached hydrogen (secondary N) is 1. The molecule has 0 aromatic heterocycles. The fourth-order valence-electron chi connectivity index (χ4n) is 3.06. The number of rotatable bonds is 6. The lowest BCUT2D eigenvalue weighted by Gasteiger charge is -2.21. The summed E-state index contributed by atoms with van der Waals surface area (Å²) in [5, 5.41) is 3.52. The molecule has 0 radical (unpaired) electrons. The van der Waals surface area contributed by atoms with Crippen LogP contribution in [0.5, 0.6) is 0 Å². The highest BCUT2D eigenvalue weighted by Crippen LogP contribution is 2.34. The van der Waals surface area contributed by atoms with Crippen molar-refractivity contribution in [2.75, 3.05) is 13.1 Å². The van der Waals surface area contributed by atoms with Crippen LogP contribution >= 0.6 is 15.9 Å². The van der Waals surface area contributed by atoms with E-state index in [9.17, 15) is 0 Å². The molecule has 1 aromatic rings. The number of likely N-dealkylation sites (N-methyl/N-ethyl adjacent to an activating group) is 1. The molecule has 2 heteroatoms. The number of benzene rings is 1. The normalized spacial score (nSPS) is 18.1. The zero-order chi connectivity index (χ0) is 12.8. The summed E-state index contributed by atoms with van der Waals surface area (Å²) in [6.07, 6.45) is 7.12. The summed E-state index contributed by atoms with van der Waals surface area (Å²) in [5.74, 6) is 1.62. The maximum absolute atomic E-state index is 3.59. The molecule has 0 bridgehead atoms. The van der Waals surface area contributed by atoms with Gasteiger partial charge in [0.05, 0.1) is 0 Å². The Morgan fingerprint density at radius 2 is 2.11 bits per heavy atom. The lowest BCUT2D eigenvalue weighted by Crippen LogP contribution is -2.22. The van der Waals surface area contributed by atoms with Crippen molar-refractivity contribution in [3.63, 3.8) is 0 Å². The number of halogens is 1. The molecule has 1 atom stereocenters. The second-order valence-corrected chi connectivity index (χ2v) is 6.36. The molecular formula is C16H24BrN. The van der Waals surface area contributed by atoms with E-state index >= 15 is 0 Å². The third-order valence-electron chi connectivity index (χ3n) is 4.05. The van der Waals surface area contributed by atoms with E-state index in [1.165, 1.54) is 42.1 Å². The molecule has 18 heavy (non-hydrogen) atoms. The Labute approximate surface area is 119 Å². The summed E-state index contributed by atoms with van der Waals surface area (Å²) in [5.41, 5.74) is 1.48. The third kappa shape index (κ3) is 4.10. The van der Waals surface area contributed by atoms with E-state index in [-0.39, 0.29) is 0 Å². The lowest BCUT2D eigenvalue weighted by molar-refractivity contribution is 0.430. The second kappa shape index (κ2) is 7.30. The molecular weight excluding hydrogens is 286 g/mol. The van der Waals surface area contributed by atoms with Crippen molar-refractivity contribution in [1.29, 1.82) is 0 Å². The second-order valence-electron chi connectivity index (χ2n) is 5.45. The van der Waals surface area contributed by atoms with Crippen molar-refractivity contribution in [3.8, 4) is 0 Å². The predicted molar refractivity (Wildman–Crippen MR) is 82.0 cm³/mol. The van der Waals surface area contributed by atoms with E-state index in [0.29, 0.717) is 5.92 Å². The first kappa shape index (κ1) is 14.1. The molecule has 0 heterocycles. The largest absolute Gasteiger partial charge is 0.316 e. The van der Waals surface area contributed by atoms with Crippen molar-refractivity contribution in [3.05, 3.63) is 34.3 Å². The van der Waals surface area contributed by atoms with Crippen LogP contribution < -0.4 is 5.32 Å². The summed E-state index contributed by atoms with van der Waals surface area (Å²) in [6.45, 7) is 4.37. The van der Waals surface area contributed by atoms with Gasteiger partial charge in [0.15, 0.2) is 0 Å². The van der Waals surface area contributed by atoms with E-state index in [1.807, 2.05) is 0 Å². The van der Waals surface area contributed by atoms with Crippen LogP contribution in [0.2, 0.25) is 0 Å². The van der Waals surface area contributed by atoms with Crippen LogP contribution in [-0.4, -0.2) is 13.1 Å². The highest BCUT2D eigenvalue weighted by atomic mass is 79.9. The maximum Gasteiger partial charge on any atom is 0.0178 e. The minimum atomic E-state index is 0.672. The Balaban J connectivity index is 2.03. The van der Waals surface area contributed by atoms with Gasteiger partial charge in [-0.3, -0.25) is 0 Å². The molecule has 0 aliphatic heterocycles.